The molecule has 0 spiro atoms. The van der Waals surface area contributed by atoms with Gasteiger partial charge in [-0.3, -0.25) is 19.7 Å². The highest BCUT2D eigenvalue weighted by Crippen LogP contribution is 2.22. The second kappa shape index (κ2) is 5.87. The molecule has 7 nitrogen and oxygen atoms in total. The van der Waals surface area contributed by atoms with Gasteiger partial charge < -0.3 is 10.6 Å². The molecule has 1 fully saturated rings. The number of nitrogens with one attached hydrogen (secondary N) is 2. The van der Waals surface area contributed by atoms with E-state index in [4.69, 9.17) is 11.6 Å². The summed E-state index contributed by atoms with van der Waals surface area (Å²) in [5.41, 5.74) is -0.102. The predicted molar refractivity (Wildman–Crippen MR) is 71.6 cm³/mol. The van der Waals surface area contributed by atoms with Crippen LogP contribution in [0.5, 0.6) is 0 Å². The molecule has 106 valence electrons. The summed E-state index contributed by atoms with van der Waals surface area (Å²) in [6, 6.07) is 3.77. The Morgan fingerprint density at radius 1 is 1.40 bits per heavy atom. The summed E-state index contributed by atoms with van der Waals surface area (Å²) in [6.07, 6.45) is 1.93. The first-order valence-electron chi connectivity index (χ1n) is 5.99. The molecule has 1 aliphatic carbocycles. The molecule has 8 heteroatoms. The maximum absolute atomic E-state index is 11.8. The van der Waals surface area contributed by atoms with Crippen molar-refractivity contribution >= 4 is 29.1 Å². The van der Waals surface area contributed by atoms with Crippen LogP contribution in [-0.4, -0.2) is 29.3 Å². The largest absolute Gasteiger partial charge is 0.352 e. The van der Waals surface area contributed by atoms with E-state index in [1.807, 2.05) is 0 Å². The van der Waals surface area contributed by atoms with Gasteiger partial charge in [0.25, 0.3) is 11.6 Å². The lowest BCUT2D eigenvalue weighted by Crippen LogP contribution is -2.37. The lowest BCUT2D eigenvalue weighted by molar-refractivity contribution is -0.384. The van der Waals surface area contributed by atoms with E-state index in [1.165, 1.54) is 12.1 Å². The second-order valence-electron chi connectivity index (χ2n) is 4.45. The molecule has 2 rings (SSSR count). The van der Waals surface area contributed by atoms with E-state index in [0.29, 0.717) is 0 Å². The van der Waals surface area contributed by atoms with Gasteiger partial charge in [-0.05, 0) is 18.9 Å². The van der Waals surface area contributed by atoms with Gasteiger partial charge in [0.2, 0.25) is 5.91 Å². The van der Waals surface area contributed by atoms with E-state index in [0.717, 1.165) is 18.9 Å². The number of carbonyl (C=O) groups excluding carboxylic acids is 2. The Morgan fingerprint density at radius 2 is 2.10 bits per heavy atom. The van der Waals surface area contributed by atoms with Crippen LogP contribution in [0.1, 0.15) is 23.2 Å². The summed E-state index contributed by atoms with van der Waals surface area (Å²) in [5.74, 6) is -0.810. The first-order chi connectivity index (χ1) is 9.47. The number of non-ortho nitro benzene ring substituents is 1. The van der Waals surface area contributed by atoms with Crippen molar-refractivity contribution in [2.45, 2.75) is 18.9 Å². The number of nitro groups is 1. The van der Waals surface area contributed by atoms with Gasteiger partial charge >= 0.3 is 0 Å². The summed E-state index contributed by atoms with van der Waals surface area (Å²) >= 11 is 5.81. The van der Waals surface area contributed by atoms with Crippen LogP contribution in [0.2, 0.25) is 5.02 Å². The zero-order chi connectivity index (χ0) is 14.7. The molecule has 0 atom stereocenters. The third kappa shape index (κ3) is 3.67. The Kier molecular flexibility index (Phi) is 4.19. The summed E-state index contributed by atoms with van der Waals surface area (Å²) < 4.78 is 0. The Labute approximate surface area is 119 Å². The van der Waals surface area contributed by atoms with E-state index in [1.54, 1.807) is 0 Å². The number of halogens is 1. The van der Waals surface area contributed by atoms with Crippen molar-refractivity contribution in [3.63, 3.8) is 0 Å². The number of carbonyl (C=O) groups is 2. The van der Waals surface area contributed by atoms with Crippen molar-refractivity contribution in [1.82, 2.24) is 10.6 Å². The molecule has 0 saturated heterocycles. The van der Waals surface area contributed by atoms with Crippen LogP contribution in [0.15, 0.2) is 18.2 Å². The number of rotatable bonds is 5. The summed E-state index contributed by atoms with van der Waals surface area (Å²) in [4.78, 5) is 33.2. The van der Waals surface area contributed by atoms with Gasteiger partial charge in [0.15, 0.2) is 0 Å². The summed E-state index contributed by atoms with van der Waals surface area (Å²) in [5, 5.41) is 15.7. The minimum atomic E-state index is -0.601. The first kappa shape index (κ1) is 14.3. The molecule has 1 saturated carbocycles. The monoisotopic (exact) mass is 297 g/mol. The number of amides is 2. The Morgan fingerprint density at radius 3 is 2.65 bits per heavy atom. The quantitative estimate of drug-likeness (QED) is 0.631. The van der Waals surface area contributed by atoms with Gasteiger partial charge in [-0.15, -0.1) is 0 Å². The minimum Gasteiger partial charge on any atom is -0.352 e. The normalized spacial score (nSPS) is 13.7. The molecule has 1 aliphatic rings. The van der Waals surface area contributed by atoms with E-state index >= 15 is 0 Å². The van der Waals surface area contributed by atoms with Crippen molar-refractivity contribution in [1.29, 1.82) is 0 Å². The van der Waals surface area contributed by atoms with Crippen molar-refractivity contribution in [2.24, 2.45) is 0 Å². The number of hydrogen-bond donors (Lipinski definition) is 2. The van der Waals surface area contributed by atoms with Crippen LogP contribution in [0.25, 0.3) is 0 Å². The maximum Gasteiger partial charge on any atom is 0.270 e. The Bertz CT molecular complexity index is 572. The zero-order valence-electron chi connectivity index (χ0n) is 10.4. The van der Waals surface area contributed by atoms with E-state index in [-0.39, 0.29) is 34.8 Å². The fraction of sp³-hybridized carbons (Fsp3) is 0.333. The molecular weight excluding hydrogens is 286 g/mol. The molecule has 2 amide bonds. The highest BCUT2D eigenvalue weighted by Gasteiger charge is 2.23. The average molecular weight is 298 g/mol. The fourth-order valence-electron chi connectivity index (χ4n) is 1.56. The van der Waals surface area contributed by atoms with Crippen LogP contribution >= 0.6 is 11.6 Å². The van der Waals surface area contributed by atoms with Crippen molar-refractivity contribution in [3.05, 3.63) is 38.9 Å². The minimum absolute atomic E-state index is 0.0284. The van der Waals surface area contributed by atoms with E-state index < -0.39 is 10.8 Å². The lowest BCUT2D eigenvalue weighted by Gasteiger charge is -2.07. The number of hydrogen-bond acceptors (Lipinski definition) is 4. The molecule has 1 aromatic rings. The Balaban J connectivity index is 1.94. The van der Waals surface area contributed by atoms with E-state index in [2.05, 4.69) is 10.6 Å². The van der Waals surface area contributed by atoms with Crippen molar-refractivity contribution < 1.29 is 14.5 Å². The number of nitrogens with zero attached hydrogens (tertiary/aromatic N) is 1. The highest BCUT2D eigenvalue weighted by molar-refractivity contribution is 6.34. The van der Waals surface area contributed by atoms with Crippen LogP contribution in [0, 0.1) is 10.1 Å². The van der Waals surface area contributed by atoms with Crippen LogP contribution < -0.4 is 10.6 Å². The molecule has 0 bridgehead atoms. The van der Waals surface area contributed by atoms with Gasteiger partial charge in [0.05, 0.1) is 22.1 Å². The summed E-state index contributed by atoms with van der Waals surface area (Å²) in [6.45, 7) is -0.150. The number of benzene rings is 1. The molecular formula is C12H12ClN3O4. The van der Waals surface area contributed by atoms with Gasteiger partial charge in [0.1, 0.15) is 0 Å². The lowest BCUT2D eigenvalue weighted by atomic mass is 10.2. The van der Waals surface area contributed by atoms with Gasteiger partial charge in [-0.2, -0.15) is 0 Å². The van der Waals surface area contributed by atoms with E-state index in [9.17, 15) is 19.7 Å². The highest BCUT2D eigenvalue weighted by atomic mass is 35.5. The molecule has 0 aliphatic heterocycles. The third-order valence-electron chi connectivity index (χ3n) is 2.76. The molecule has 2 N–H and O–H groups in total. The second-order valence-corrected chi connectivity index (χ2v) is 4.85. The molecule has 1 aromatic carbocycles. The van der Waals surface area contributed by atoms with Gasteiger partial charge in [0, 0.05) is 18.2 Å². The predicted octanol–water partition coefficient (Wildman–Crippen LogP) is 1.26. The maximum atomic E-state index is 11.8. The molecule has 0 radical (unpaired) electrons. The number of nitro benzene ring substituents is 1. The third-order valence-corrected chi connectivity index (χ3v) is 3.07. The smallest absolute Gasteiger partial charge is 0.270 e. The van der Waals surface area contributed by atoms with Crippen LogP contribution in [0.3, 0.4) is 0 Å². The van der Waals surface area contributed by atoms with Crippen LogP contribution in [0.4, 0.5) is 5.69 Å². The van der Waals surface area contributed by atoms with Crippen molar-refractivity contribution in [3.8, 4) is 0 Å². The SMILES string of the molecule is O=C(CNC(=O)c1ccc([N+](=O)[O-])cc1Cl)NC1CC1. The topological polar surface area (TPSA) is 101 Å². The fourth-order valence-corrected chi connectivity index (χ4v) is 1.82. The average Bonchev–Trinajstić information content (AvgIpc) is 3.19. The van der Waals surface area contributed by atoms with Crippen LogP contribution in [-0.2, 0) is 4.79 Å². The van der Waals surface area contributed by atoms with Crippen molar-refractivity contribution in [2.75, 3.05) is 6.54 Å². The molecule has 0 unspecified atom stereocenters. The molecule has 0 heterocycles. The first-order valence-corrected chi connectivity index (χ1v) is 6.36. The van der Waals surface area contributed by atoms with Gasteiger partial charge in [-0.25, -0.2) is 0 Å². The molecule has 20 heavy (non-hydrogen) atoms. The molecule has 0 aromatic heterocycles. The zero-order valence-corrected chi connectivity index (χ0v) is 11.1. The summed E-state index contributed by atoms with van der Waals surface area (Å²) in [7, 11) is 0. The standard InChI is InChI=1S/C12H12ClN3O4/c13-10-5-8(16(19)20)3-4-9(10)12(18)14-6-11(17)15-7-1-2-7/h3-5,7H,1-2,6H2,(H,14,18)(H,15,17). The Hall–Kier alpha value is -2.15. The van der Waals surface area contributed by atoms with Gasteiger partial charge in [-0.1, -0.05) is 11.6 Å².